The fourth-order valence-electron chi connectivity index (χ4n) is 0.620. The van der Waals surface area contributed by atoms with Crippen molar-refractivity contribution in [3.05, 3.63) is 0 Å². The summed E-state index contributed by atoms with van der Waals surface area (Å²) in [6, 6.07) is 0. The highest BCUT2D eigenvalue weighted by Crippen LogP contribution is 2.18. The van der Waals surface area contributed by atoms with Crippen LogP contribution in [-0.2, 0) is 0 Å². The van der Waals surface area contributed by atoms with Gasteiger partial charge in [0.2, 0.25) is 0 Å². The van der Waals surface area contributed by atoms with Crippen LogP contribution in [0.15, 0.2) is 0 Å². The summed E-state index contributed by atoms with van der Waals surface area (Å²) >= 11 is 0. The number of rotatable bonds is 2. The monoisotopic (exact) mass is 145 g/mol. The van der Waals surface area contributed by atoms with Crippen molar-refractivity contribution in [2.75, 3.05) is 20.6 Å². The summed E-state index contributed by atoms with van der Waals surface area (Å²) in [6.07, 6.45) is -0.234. The molecule has 0 saturated carbocycles. The first-order valence-electron chi connectivity index (χ1n) is 3.67. The lowest BCUT2D eigenvalue weighted by Gasteiger charge is -2.28. The number of likely N-dealkylation sites (N-methyl/N-ethyl adjacent to an activating group) is 1. The Morgan fingerprint density at radius 2 is 1.70 bits per heavy atom. The van der Waals surface area contributed by atoms with Gasteiger partial charge in [0, 0.05) is 6.54 Å². The third-order valence-corrected chi connectivity index (χ3v) is 1.54. The average Bonchev–Trinajstić information content (AvgIpc) is 1.60. The summed E-state index contributed by atoms with van der Waals surface area (Å²) in [5.41, 5.74) is 0.00424. The van der Waals surface area contributed by atoms with Gasteiger partial charge in [-0.05, 0) is 19.5 Å². The lowest BCUT2D eigenvalue weighted by Crippen LogP contribution is -2.35. The van der Waals surface area contributed by atoms with E-state index < -0.39 is 0 Å². The normalized spacial score (nSPS) is 15.9. The SMILES string of the molecule is CN(C)CC(O)C(C)(C)C. The van der Waals surface area contributed by atoms with Crippen molar-refractivity contribution in [2.24, 2.45) is 5.41 Å². The molecule has 62 valence electrons. The summed E-state index contributed by atoms with van der Waals surface area (Å²) in [7, 11) is 3.93. The molecular weight excluding hydrogens is 126 g/mol. The molecule has 1 unspecified atom stereocenters. The van der Waals surface area contributed by atoms with E-state index in [1.807, 2.05) is 39.8 Å². The van der Waals surface area contributed by atoms with Crippen molar-refractivity contribution in [3.63, 3.8) is 0 Å². The van der Waals surface area contributed by atoms with E-state index in [0.29, 0.717) is 0 Å². The summed E-state index contributed by atoms with van der Waals surface area (Å²) in [6.45, 7) is 6.87. The molecule has 0 fully saturated rings. The molecule has 0 radical (unpaired) electrons. The largest absolute Gasteiger partial charge is 0.391 e. The molecule has 1 N–H and O–H groups in total. The van der Waals surface area contributed by atoms with Crippen LogP contribution in [0.25, 0.3) is 0 Å². The predicted molar refractivity (Wildman–Crippen MR) is 44.0 cm³/mol. The molecule has 0 rings (SSSR count). The quantitative estimate of drug-likeness (QED) is 0.625. The van der Waals surface area contributed by atoms with E-state index in [1.54, 1.807) is 0 Å². The molecule has 0 aliphatic carbocycles. The summed E-state index contributed by atoms with van der Waals surface area (Å²) < 4.78 is 0. The van der Waals surface area contributed by atoms with E-state index in [0.717, 1.165) is 6.54 Å². The fourth-order valence-corrected chi connectivity index (χ4v) is 0.620. The van der Waals surface area contributed by atoms with Gasteiger partial charge in [0.05, 0.1) is 6.10 Å². The van der Waals surface area contributed by atoms with E-state index in [4.69, 9.17) is 0 Å². The Bertz CT molecular complexity index is 93.9. The van der Waals surface area contributed by atoms with Crippen molar-refractivity contribution in [1.29, 1.82) is 0 Å². The molecular formula is C8H19NO. The lowest BCUT2D eigenvalue weighted by molar-refractivity contribution is 0.0408. The standard InChI is InChI=1S/C8H19NO/c1-8(2,3)7(10)6-9(4)5/h7,10H,6H2,1-5H3. The molecule has 2 heteroatoms. The van der Waals surface area contributed by atoms with Crippen LogP contribution in [0, 0.1) is 5.41 Å². The molecule has 0 aromatic carbocycles. The highest BCUT2D eigenvalue weighted by molar-refractivity contribution is 4.73. The highest BCUT2D eigenvalue weighted by atomic mass is 16.3. The van der Waals surface area contributed by atoms with Gasteiger partial charge in [0.25, 0.3) is 0 Å². The maximum Gasteiger partial charge on any atom is 0.0715 e. The first-order valence-corrected chi connectivity index (χ1v) is 3.67. The van der Waals surface area contributed by atoms with Crippen molar-refractivity contribution in [2.45, 2.75) is 26.9 Å². The number of nitrogens with zero attached hydrogens (tertiary/aromatic N) is 1. The first-order chi connectivity index (χ1) is 4.34. The van der Waals surface area contributed by atoms with E-state index in [-0.39, 0.29) is 11.5 Å². The van der Waals surface area contributed by atoms with Gasteiger partial charge in [-0.15, -0.1) is 0 Å². The van der Waals surface area contributed by atoms with Crippen LogP contribution in [0.2, 0.25) is 0 Å². The summed E-state index contributed by atoms with van der Waals surface area (Å²) in [4.78, 5) is 2.00. The third kappa shape index (κ3) is 3.85. The minimum Gasteiger partial charge on any atom is -0.391 e. The molecule has 0 spiro atoms. The zero-order valence-electron chi connectivity index (χ0n) is 7.68. The fraction of sp³-hybridized carbons (Fsp3) is 1.00. The van der Waals surface area contributed by atoms with Gasteiger partial charge in [-0.25, -0.2) is 0 Å². The molecule has 0 aromatic heterocycles. The minimum atomic E-state index is -0.234. The maximum atomic E-state index is 9.51. The van der Waals surface area contributed by atoms with Crippen LogP contribution in [0.3, 0.4) is 0 Å². The molecule has 1 atom stereocenters. The Kier molecular flexibility index (Phi) is 3.33. The number of hydrogen-bond donors (Lipinski definition) is 1. The maximum absolute atomic E-state index is 9.51. The van der Waals surface area contributed by atoms with Crippen LogP contribution in [-0.4, -0.2) is 36.8 Å². The van der Waals surface area contributed by atoms with Crippen LogP contribution in [0.4, 0.5) is 0 Å². The van der Waals surface area contributed by atoms with E-state index >= 15 is 0 Å². The second-order valence-corrected chi connectivity index (χ2v) is 4.14. The third-order valence-electron chi connectivity index (χ3n) is 1.54. The van der Waals surface area contributed by atoms with Gasteiger partial charge < -0.3 is 10.0 Å². The number of aliphatic hydroxyl groups is 1. The number of hydrogen-bond acceptors (Lipinski definition) is 2. The lowest BCUT2D eigenvalue weighted by atomic mass is 9.89. The van der Waals surface area contributed by atoms with Crippen LogP contribution < -0.4 is 0 Å². The highest BCUT2D eigenvalue weighted by Gasteiger charge is 2.21. The zero-order chi connectivity index (χ0) is 8.36. The predicted octanol–water partition coefficient (Wildman–Crippen LogP) is 0.955. The van der Waals surface area contributed by atoms with E-state index in [9.17, 15) is 5.11 Å². The second kappa shape index (κ2) is 3.35. The van der Waals surface area contributed by atoms with Crippen molar-refractivity contribution in [1.82, 2.24) is 4.90 Å². The molecule has 2 nitrogen and oxygen atoms in total. The van der Waals surface area contributed by atoms with Gasteiger partial charge in [0.1, 0.15) is 0 Å². The second-order valence-electron chi connectivity index (χ2n) is 4.14. The molecule has 0 aliphatic rings. The Hall–Kier alpha value is -0.0800. The average molecular weight is 145 g/mol. The molecule has 0 amide bonds. The zero-order valence-corrected chi connectivity index (χ0v) is 7.68. The van der Waals surface area contributed by atoms with Gasteiger partial charge in [0.15, 0.2) is 0 Å². The van der Waals surface area contributed by atoms with Crippen LogP contribution >= 0.6 is 0 Å². The van der Waals surface area contributed by atoms with Crippen molar-refractivity contribution >= 4 is 0 Å². The van der Waals surface area contributed by atoms with E-state index in [1.165, 1.54) is 0 Å². The van der Waals surface area contributed by atoms with Gasteiger partial charge >= 0.3 is 0 Å². The summed E-state index contributed by atoms with van der Waals surface area (Å²) in [5.74, 6) is 0. The first kappa shape index (κ1) is 9.92. The molecule has 0 saturated heterocycles. The van der Waals surface area contributed by atoms with Crippen LogP contribution in [0.5, 0.6) is 0 Å². The van der Waals surface area contributed by atoms with E-state index in [2.05, 4.69) is 0 Å². The molecule has 0 heterocycles. The Balaban J connectivity index is 3.73. The summed E-state index contributed by atoms with van der Waals surface area (Å²) in [5, 5.41) is 9.51. The molecule has 10 heavy (non-hydrogen) atoms. The molecule has 0 aliphatic heterocycles. The van der Waals surface area contributed by atoms with Crippen LogP contribution in [0.1, 0.15) is 20.8 Å². The molecule has 0 bridgehead atoms. The minimum absolute atomic E-state index is 0.00424. The Morgan fingerprint density at radius 1 is 1.30 bits per heavy atom. The molecule has 0 aromatic rings. The Morgan fingerprint density at radius 3 is 1.80 bits per heavy atom. The Labute approximate surface area is 63.8 Å². The van der Waals surface area contributed by atoms with Gasteiger partial charge in [-0.2, -0.15) is 0 Å². The van der Waals surface area contributed by atoms with Crippen molar-refractivity contribution in [3.8, 4) is 0 Å². The van der Waals surface area contributed by atoms with Gasteiger partial charge in [-0.1, -0.05) is 20.8 Å². The smallest absolute Gasteiger partial charge is 0.0715 e. The van der Waals surface area contributed by atoms with Crippen molar-refractivity contribution < 1.29 is 5.11 Å². The van der Waals surface area contributed by atoms with Gasteiger partial charge in [-0.3, -0.25) is 0 Å². The number of aliphatic hydroxyl groups excluding tert-OH is 1. The topological polar surface area (TPSA) is 23.5 Å².